The van der Waals surface area contributed by atoms with E-state index in [1.807, 2.05) is 12.1 Å². The molecule has 0 aliphatic carbocycles. The van der Waals surface area contributed by atoms with E-state index in [4.69, 9.17) is 5.26 Å². The van der Waals surface area contributed by atoms with Crippen LogP contribution in [0.2, 0.25) is 0 Å². The van der Waals surface area contributed by atoms with E-state index in [1.54, 1.807) is 24.5 Å². The summed E-state index contributed by atoms with van der Waals surface area (Å²) < 4.78 is 23.7. The number of nitrogens with one attached hydrogen (secondary N) is 1. The van der Waals surface area contributed by atoms with Crippen molar-refractivity contribution in [3.63, 3.8) is 0 Å². The number of anilines is 3. The molecule has 1 aliphatic heterocycles. The average Bonchev–Trinajstić information content (AvgIpc) is 2.79. The highest BCUT2D eigenvalue weighted by molar-refractivity contribution is 7.94. The number of rotatable bonds is 5. The third-order valence-electron chi connectivity index (χ3n) is 5.28. The van der Waals surface area contributed by atoms with Gasteiger partial charge in [-0.1, -0.05) is 6.58 Å². The van der Waals surface area contributed by atoms with E-state index in [0.29, 0.717) is 5.82 Å². The quantitative estimate of drug-likeness (QED) is 0.666. The van der Waals surface area contributed by atoms with Crippen LogP contribution in [0.1, 0.15) is 12.8 Å². The molecule has 2 aromatic heterocycles. The Bertz CT molecular complexity index is 1220. The highest BCUT2D eigenvalue weighted by atomic mass is 32.2. The number of benzene rings is 1. The molecule has 1 saturated heterocycles. The fraction of sp³-hybridized carbons (Fsp3) is 0.227. The summed E-state index contributed by atoms with van der Waals surface area (Å²) in [6, 6.07) is 12.7. The second kappa shape index (κ2) is 8.13. The third kappa shape index (κ3) is 3.98. The summed E-state index contributed by atoms with van der Waals surface area (Å²) in [5, 5.41) is 15.3. The number of nitriles is 1. The standard InChI is InChI=1S/C22H21N5O2S/c1-2-30(28,29)19-5-3-18(4-6-19)26-21-13-20-17(15-25-21)7-10-24-22(20)27-11-8-16(14-23)9-12-27/h2-7,10,13,15-16H,1,8-9,11-12H2,(H,25,26). The van der Waals surface area contributed by atoms with Crippen LogP contribution >= 0.6 is 0 Å². The first-order valence-electron chi connectivity index (χ1n) is 9.64. The van der Waals surface area contributed by atoms with Crippen LogP contribution in [-0.2, 0) is 9.84 Å². The van der Waals surface area contributed by atoms with Gasteiger partial charge in [-0.05, 0) is 49.2 Å². The summed E-state index contributed by atoms with van der Waals surface area (Å²) in [6.07, 6.45) is 5.25. The minimum atomic E-state index is -3.45. The molecule has 1 aliphatic rings. The van der Waals surface area contributed by atoms with Crippen LogP contribution in [0.4, 0.5) is 17.3 Å². The molecule has 1 aromatic carbocycles. The van der Waals surface area contributed by atoms with Crippen LogP contribution in [0.3, 0.4) is 0 Å². The maximum Gasteiger partial charge on any atom is 0.199 e. The SMILES string of the molecule is C=CS(=O)(=O)c1ccc(Nc2cc3c(N4CCC(C#N)CC4)nccc3cn2)cc1. The summed E-state index contributed by atoms with van der Waals surface area (Å²) in [5.74, 6) is 1.65. The molecule has 0 unspecified atom stereocenters. The van der Waals surface area contributed by atoms with E-state index < -0.39 is 9.84 Å². The lowest BCUT2D eigenvalue weighted by atomic mass is 9.98. The first kappa shape index (κ1) is 19.9. The number of hydrogen-bond acceptors (Lipinski definition) is 7. The zero-order chi connectivity index (χ0) is 21.1. The predicted octanol–water partition coefficient (Wildman–Crippen LogP) is 4.03. The average molecular weight is 420 g/mol. The topological polar surface area (TPSA) is 99.0 Å². The summed E-state index contributed by atoms with van der Waals surface area (Å²) in [5.41, 5.74) is 0.727. The normalized spacial score (nSPS) is 15.0. The van der Waals surface area contributed by atoms with E-state index in [9.17, 15) is 8.42 Å². The Hall–Kier alpha value is -3.44. The Morgan fingerprint density at radius 3 is 2.57 bits per heavy atom. The van der Waals surface area contributed by atoms with Crippen molar-refractivity contribution >= 4 is 37.9 Å². The molecule has 8 heteroatoms. The van der Waals surface area contributed by atoms with E-state index in [-0.39, 0.29) is 10.8 Å². The molecule has 7 nitrogen and oxygen atoms in total. The zero-order valence-electron chi connectivity index (χ0n) is 16.3. The molecule has 0 saturated carbocycles. The molecule has 0 bridgehead atoms. The van der Waals surface area contributed by atoms with Gasteiger partial charge in [0.15, 0.2) is 9.84 Å². The van der Waals surface area contributed by atoms with Gasteiger partial charge < -0.3 is 10.2 Å². The van der Waals surface area contributed by atoms with Gasteiger partial charge in [-0.3, -0.25) is 0 Å². The van der Waals surface area contributed by atoms with Gasteiger partial charge in [0.1, 0.15) is 11.6 Å². The van der Waals surface area contributed by atoms with Gasteiger partial charge in [-0.25, -0.2) is 18.4 Å². The summed E-state index contributed by atoms with van der Waals surface area (Å²) in [6.45, 7) is 4.94. The van der Waals surface area contributed by atoms with E-state index >= 15 is 0 Å². The van der Waals surface area contributed by atoms with Gasteiger partial charge in [0, 0.05) is 53.3 Å². The number of pyridine rings is 2. The maximum atomic E-state index is 11.9. The van der Waals surface area contributed by atoms with Crippen molar-refractivity contribution in [1.82, 2.24) is 9.97 Å². The lowest BCUT2D eigenvalue weighted by Gasteiger charge is -2.30. The molecule has 3 heterocycles. The molecular weight excluding hydrogens is 398 g/mol. The molecule has 4 rings (SSSR count). The second-order valence-electron chi connectivity index (χ2n) is 7.18. The molecule has 1 fully saturated rings. The summed E-state index contributed by atoms with van der Waals surface area (Å²) in [7, 11) is -3.45. The minimum absolute atomic E-state index is 0.114. The Kier molecular flexibility index (Phi) is 5.38. The van der Waals surface area contributed by atoms with Crippen molar-refractivity contribution in [2.24, 2.45) is 5.92 Å². The van der Waals surface area contributed by atoms with Gasteiger partial charge in [0.25, 0.3) is 0 Å². The van der Waals surface area contributed by atoms with Crippen molar-refractivity contribution in [3.05, 3.63) is 60.8 Å². The summed E-state index contributed by atoms with van der Waals surface area (Å²) >= 11 is 0. The van der Waals surface area contributed by atoms with Crippen LogP contribution in [0.15, 0.2) is 65.7 Å². The van der Waals surface area contributed by atoms with Crippen molar-refractivity contribution in [1.29, 1.82) is 5.26 Å². The molecule has 0 amide bonds. The van der Waals surface area contributed by atoms with Gasteiger partial charge in [-0.2, -0.15) is 5.26 Å². The number of nitrogens with zero attached hydrogens (tertiary/aromatic N) is 4. The Morgan fingerprint density at radius 1 is 1.17 bits per heavy atom. The zero-order valence-corrected chi connectivity index (χ0v) is 17.1. The highest BCUT2D eigenvalue weighted by Crippen LogP contribution is 2.30. The molecule has 3 aromatic rings. The predicted molar refractivity (Wildman–Crippen MR) is 117 cm³/mol. The third-order valence-corrected chi connectivity index (χ3v) is 6.65. The number of hydrogen-bond donors (Lipinski definition) is 1. The monoisotopic (exact) mass is 419 g/mol. The van der Waals surface area contributed by atoms with Crippen molar-refractivity contribution in [2.75, 3.05) is 23.3 Å². The Labute approximate surface area is 175 Å². The van der Waals surface area contributed by atoms with Crippen LogP contribution in [-0.4, -0.2) is 31.5 Å². The highest BCUT2D eigenvalue weighted by Gasteiger charge is 2.21. The van der Waals surface area contributed by atoms with Gasteiger partial charge >= 0.3 is 0 Å². The van der Waals surface area contributed by atoms with E-state index in [1.165, 1.54) is 12.1 Å². The van der Waals surface area contributed by atoms with Crippen LogP contribution < -0.4 is 10.2 Å². The fourth-order valence-electron chi connectivity index (χ4n) is 3.56. The van der Waals surface area contributed by atoms with Gasteiger partial charge in [-0.15, -0.1) is 0 Å². The number of sulfone groups is 1. The Morgan fingerprint density at radius 2 is 1.90 bits per heavy atom. The molecule has 30 heavy (non-hydrogen) atoms. The molecular formula is C22H21N5O2S. The lowest BCUT2D eigenvalue weighted by molar-refractivity contribution is 0.486. The fourth-order valence-corrected chi connectivity index (χ4v) is 4.27. The summed E-state index contributed by atoms with van der Waals surface area (Å²) in [4.78, 5) is 11.5. The molecule has 1 N–H and O–H groups in total. The van der Waals surface area contributed by atoms with Crippen LogP contribution in [0.5, 0.6) is 0 Å². The van der Waals surface area contributed by atoms with Crippen molar-refractivity contribution in [3.8, 4) is 6.07 Å². The van der Waals surface area contributed by atoms with E-state index in [2.05, 4.69) is 32.8 Å². The molecule has 0 atom stereocenters. The maximum absolute atomic E-state index is 11.9. The Balaban J connectivity index is 1.60. The first-order valence-corrected chi connectivity index (χ1v) is 11.2. The number of piperidine rings is 1. The van der Waals surface area contributed by atoms with Crippen LogP contribution in [0, 0.1) is 17.2 Å². The lowest BCUT2D eigenvalue weighted by Crippen LogP contribution is -2.33. The first-order chi connectivity index (χ1) is 14.5. The molecule has 152 valence electrons. The van der Waals surface area contributed by atoms with Gasteiger partial charge in [0.05, 0.1) is 11.0 Å². The van der Waals surface area contributed by atoms with Crippen molar-refractivity contribution in [2.45, 2.75) is 17.7 Å². The largest absolute Gasteiger partial charge is 0.356 e. The number of aromatic nitrogens is 2. The molecule has 0 spiro atoms. The second-order valence-corrected chi connectivity index (χ2v) is 9.07. The van der Waals surface area contributed by atoms with Gasteiger partial charge in [0.2, 0.25) is 0 Å². The molecule has 0 radical (unpaired) electrons. The van der Waals surface area contributed by atoms with E-state index in [0.717, 1.165) is 53.6 Å². The van der Waals surface area contributed by atoms with Crippen LogP contribution in [0.25, 0.3) is 10.8 Å². The van der Waals surface area contributed by atoms with Crippen molar-refractivity contribution < 1.29 is 8.42 Å². The minimum Gasteiger partial charge on any atom is -0.356 e. The smallest absolute Gasteiger partial charge is 0.199 e. The number of fused-ring (bicyclic) bond motifs is 1.